The maximum absolute atomic E-state index is 3.52. The zero-order chi connectivity index (χ0) is 11.3. The summed E-state index contributed by atoms with van der Waals surface area (Å²) in [5, 5.41) is 4.00. The predicted molar refractivity (Wildman–Crippen MR) is 72.5 cm³/mol. The van der Waals surface area contributed by atoms with Crippen LogP contribution in [0.5, 0.6) is 0 Å². The average molecular weight is 288 g/mol. The topological polar surface area (TPSA) is 12.0 Å². The van der Waals surface area contributed by atoms with E-state index in [4.69, 9.17) is 0 Å². The van der Waals surface area contributed by atoms with Crippen LogP contribution in [0, 0.1) is 0 Å². The van der Waals surface area contributed by atoms with Crippen molar-refractivity contribution in [3.63, 3.8) is 0 Å². The zero-order valence-electron chi connectivity index (χ0n) is 9.51. The highest BCUT2D eigenvalue weighted by molar-refractivity contribution is 9.10. The van der Waals surface area contributed by atoms with Gasteiger partial charge in [0, 0.05) is 21.2 Å². The van der Waals surface area contributed by atoms with Crippen molar-refractivity contribution in [1.29, 1.82) is 0 Å². The minimum atomic E-state index is 0.631. The highest BCUT2D eigenvalue weighted by Gasteiger charge is 2.05. The third kappa shape index (κ3) is 4.58. The first-order valence-corrected chi connectivity index (χ1v) is 6.96. The van der Waals surface area contributed by atoms with Gasteiger partial charge in [-0.05, 0) is 30.3 Å². The first-order valence-electron chi connectivity index (χ1n) is 5.29. The van der Waals surface area contributed by atoms with E-state index in [0.717, 1.165) is 17.6 Å². The van der Waals surface area contributed by atoms with Crippen LogP contribution in [0.1, 0.15) is 26.3 Å². The van der Waals surface area contributed by atoms with Gasteiger partial charge >= 0.3 is 0 Å². The minimum absolute atomic E-state index is 0.631. The Morgan fingerprint density at radius 2 is 2.13 bits per heavy atom. The van der Waals surface area contributed by atoms with Gasteiger partial charge in [-0.25, -0.2) is 0 Å². The summed E-state index contributed by atoms with van der Waals surface area (Å²) < 4.78 is 1.16. The van der Waals surface area contributed by atoms with Crippen molar-refractivity contribution < 1.29 is 0 Å². The smallest absolute Gasteiger partial charge is 0.0216 e. The summed E-state index contributed by atoms with van der Waals surface area (Å²) in [6.07, 6.45) is 0. The molecule has 84 valence electrons. The lowest BCUT2D eigenvalue weighted by Crippen LogP contribution is -2.12. The number of halogens is 1. The largest absolute Gasteiger partial charge is 0.313 e. The maximum atomic E-state index is 3.52. The Kier molecular flexibility index (Phi) is 5.72. The molecule has 1 aromatic carbocycles. The highest BCUT2D eigenvalue weighted by atomic mass is 79.9. The molecule has 1 N–H and O–H groups in total. The molecule has 0 spiro atoms. The molecule has 0 bridgehead atoms. The van der Waals surface area contributed by atoms with Crippen LogP contribution in [0.2, 0.25) is 0 Å². The molecule has 0 aliphatic rings. The van der Waals surface area contributed by atoms with Gasteiger partial charge in [0.2, 0.25) is 0 Å². The van der Waals surface area contributed by atoms with Gasteiger partial charge < -0.3 is 5.32 Å². The van der Waals surface area contributed by atoms with Gasteiger partial charge in [0.15, 0.2) is 0 Å². The Morgan fingerprint density at radius 3 is 2.73 bits per heavy atom. The van der Waals surface area contributed by atoms with Crippen molar-refractivity contribution >= 4 is 27.7 Å². The Balaban J connectivity index is 2.82. The van der Waals surface area contributed by atoms with E-state index in [9.17, 15) is 0 Å². The van der Waals surface area contributed by atoms with Crippen molar-refractivity contribution in [2.75, 3.05) is 6.54 Å². The fraction of sp³-hybridized carbons (Fsp3) is 0.500. The fourth-order valence-electron chi connectivity index (χ4n) is 1.31. The van der Waals surface area contributed by atoms with Crippen molar-refractivity contribution in [3.8, 4) is 0 Å². The summed E-state index contributed by atoms with van der Waals surface area (Å²) >= 11 is 5.44. The van der Waals surface area contributed by atoms with E-state index in [2.05, 4.69) is 60.2 Å². The maximum Gasteiger partial charge on any atom is 0.0216 e. The van der Waals surface area contributed by atoms with Gasteiger partial charge in [0.1, 0.15) is 0 Å². The predicted octanol–water partition coefficient (Wildman–Crippen LogP) is 4.06. The van der Waals surface area contributed by atoms with Crippen LogP contribution in [0.15, 0.2) is 27.6 Å². The Bertz CT molecular complexity index is 312. The average Bonchev–Trinajstić information content (AvgIpc) is 2.18. The number of rotatable bonds is 5. The van der Waals surface area contributed by atoms with Gasteiger partial charge in [-0.1, -0.05) is 36.7 Å². The molecule has 0 aromatic heterocycles. The number of hydrogen-bond donors (Lipinski definition) is 1. The van der Waals surface area contributed by atoms with Gasteiger partial charge in [-0.15, -0.1) is 11.8 Å². The number of nitrogens with one attached hydrogen (secondary N) is 1. The zero-order valence-corrected chi connectivity index (χ0v) is 11.9. The van der Waals surface area contributed by atoms with Gasteiger partial charge in [0.25, 0.3) is 0 Å². The SMILES string of the molecule is CCNCc1cc(Br)ccc1SC(C)C. The van der Waals surface area contributed by atoms with Crippen LogP contribution in [-0.2, 0) is 6.54 Å². The van der Waals surface area contributed by atoms with Gasteiger partial charge in [-0.3, -0.25) is 0 Å². The van der Waals surface area contributed by atoms with Gasteiger partial charge in [-0.2, -0.15) is 0 Å². The standard InChI is InChI=1S/C12H18BrNS/c1-4-14-8-10-7-11(13)5-6-12(10)15-9(2)3/h5-7,9,14H,4,8H2,1-3H3. The minimum Gasteiger partial charge on any atom is -0.313 e. The van der Waals surface area contributed by atoms with E-state index in [1.807, 2.05) is 11.8 Å². The second-order valence-electron chi connectivity index (χ2n) is 3.70. The monoisotopic (exact) mass is 287 g/mol. The fourth-order valence-corrected chi connectivity index (χ4v) is 2.66. The van der Waals surface area contributed by atoms with Crippen molar-refractivity contribution in [3.05, 3.63) is 28.2 Å². The third-order valence-corrected chi connectivity index (χ3v) is 3.57. The summed E-state index contributed by atoms with van der Waals surface area (Å²) in [5.41, 5.74) is 1.38. The summed E-state index contributed by atoms with van der Waals surface area (Å²) in [4.78, 5) is 1.38. The van der Waals surface area contributed by atoms with E-state index < -0.39 is 0 Å². The van der Waals surface area contributed by atoms with Crippen molar-refractivity contribution in [2.45, 2.75) is 37.5 Å². The van der Waals surface area contributed by atoms with Gasteiger partial charge in [0.05, 0.1) is 0 Å². The summed E-state index contributed by atoms with van der Waals surface area (Å²) in [6, 6.07) is 6.51. The quantitative estimate of drug-likeness (QED) is 0.820. The van der Waals surface area contributed by atoms with Crippen molar-refractivity contribution in [2.24, 2.45) is 0 Å². The first-order chi connectivity index (χ1) is 7.13. The normalized spacial score (nSPS) is 11.0. The molecule has 0 saturated carbocycles. The van der Waals surface area contributed by atoms with Crippen LogP contribution in [0.4, 0.5) is 0 Å². The second-order valence-corrected chi connectivity index (χ2v) is 6.23. The summed E-state index contributed by atoms with van der Waals surface area (Å²) in [7, 11) is 0. The molecule has 1 nitrogen and oxygen atoms in total. The summed E-state index contributed by atoms with van der Waals surface area (Å²) in [6.45, 7) is 8.55. The van der Waals surface area contributed by atoms with Crippen LogP contribution < -0.4 is 5.32 Å². The van der Waals surface area contributed by atoms with Crippen LogP contribution in [-0.4, -0.2) is 11.8 Å². The lowest BCUT2D eigenvalue weighted by atomic mass is 10.2. The molecule has 1 aromatic rings. The molecule has 0 amide bonds. The molecule has 0 unspecified atom stereocenters. The van der Waals surface area contributed by atoms with E-state index in [1.54, 1.807) is 0 Å². The molecule has 0 saturated heterocycles. The molecular formula is C12H18BrNS. The van der Waals surface area contributed by atoms with E-state index >= 15 is 0 Å². The highest BCUT2D eigenvalue weighted by Crippen LogP contribution is 2.28. The van der Waals surface area contributed by atoms with Crippen LogP contribution in [0.25, 0.3) is 0 Å². The number of thioether (sulfide) groups is 1. The molecule has 0 heterocycles. The van der Waals surface area contributed by atoms with E-state index in [0.29, 0.717) is 5.25 Å². The molecule has 15 heavy (non-hydrogen) atoms. The van der Waals surface area contributed by atoms with E-state index in [1.165, 1.54) is 10.5 Å². The third-order valence-electron chi connectivity index (χ3n) is 1.95. The summed E-state index contributed by atoms with van der Waals surface area (Å²) in [5.74, 6) is 0. The molecule has 0 radical (unpaired) electrons. The van der Waals surface area contributed by atoms with Crippen LogP contribution >= 0.6 is 27.7 Å². The molecule has 0 aliphatic heterocycles. The Morgan fingerprint density at radius 1 is 1.40 bits per heavy atom. The molecule has 1 rings (SSSR count). The lowest BCUT2D eigenvalue weighted by molar-refractivity contribution is 0.717. The molecule has 0 atom stereocenters. The first kappa shape index (κ1) is 13.1. The molecular weight excluding hydrogens is 270 g/mol. The molecule has 0 fully saturated rings. The van der Waals surface area contributed by atoms with Crippen molar-refractivity contribution in [1.82, 2.24) is 5.32 Å². The van der Waals surface area contributed by atoms with E-state index in [-0.39, 0.29) is 0 Å². The molecule has 3 heteroatoms. The lowest BCUT2D eigenvalue weighted by Gasteiger charge is -2.12. The Hall–Kier alpha value is 0.01000. The second kappa shape index (κ2) is 6.56. The number of benzene rings is 1. The number of hydrogen-bond acceptors (Lipinski definition) is 2. The molecule has 0 aliphatic carbocycles. The Labute approximate surface area is 105 Å². The van der Waals surface area contributed by atoms with Crippen LogP contribution in [0.3, 0.4) is 0 Å².